The molecule has 0 aliphatic heterocycles. The Kier molecular flexibility index (Phi) is 2.77. The molecule has 2 N–H and O–H groups in total. The number of aliphatic carboxylic acids is 1. The third-order valence-electron chi connectivity index (χ3n) is 3.58. The first kappa shape index (κ1) is 11.8. The molecule has 3 rings (SSSR count). The monoisotopic (exact) mass is 258 g/mol. The molecule has 2 aromatic rings. The zero-order valence-corrected chi connectivity index (χ0v) is 10.3. The van der Waals surface area contributed by atoms with Gasteiger partial charge in [-0.3, -0.25) is 0 Å². The Hall–Kier alpha value is -2.24. The number of para-hydroxylation sites is 1. The predicted octanol–water partition coefficient (Wildman–Crippen LogP) is 1.83. The van der Waals surface area contributed by atoms with Crippen molar-refractivity contribution in [1.82, 2.24) is 15.2 Å². The summed E-state index contributed by atoms with van der Waals surface area (Å²) < 4.78 is 0. The SMILES string of the molecule is O=C(O)C1(Nc2nnc3ccccc3n2)CCCC1. The maximum atomic E-state index is 11.5. The van der Waals surface area contributed by atoms with Gasteiger partial charge in [-0.1, -0.05) is 25.0 Å². The lowest BCUT2D eigenvalue weighted by atomic mass is 9.98. The fourth-order valence-corrected chi connectivity index (χ4v) is 2.52. The Labute approximate surface area is 109 Å². The molecule has 6 heteroatoms. The number of nitrogens with zero attached hydrogens (tertiary/aromatic N) is 3. The van der Waals surface area contributed by atoms with Gasteiger partial charge in [0.15, 0.2) is 0 Å². The van der Waals surface area contributed by atoms with Gasteiger partial charge in [-0.15, -0.1) is 10.2 Å². The lowest BCUT2D eigenvalue weighted by Crippen LogP contribution is -2.44. The average Bonchev–Trinajstić information content (AvgIpc) is 2.88. The van der Waals surface area contributed by atoms with E-state index in [4.69, 9.17) is 0 Å². The van der Waals surface area contributed by atoms with E-state index in [2.05, 4.69) is 20.5 Å². The smallest absolute Gasteiger partial charge is 0.329 e. The zero-order valence-electron chi connectivity index (χ0n) is 10.3. The number of aromatic nitrogens is 3. The molecule has 0 unspecified atom stereocenters. The highest BCUT2D eigenvalue weighted by Gasteiger charge is 2.42. The number of benzene rings is 1. The summed E-state index contributed by atoms with van der Waals surface area (Å²) in [5.74, 6) is -0.565. The van der Waals surface area contributed by atoms with Gasteiger partial charge in [0, 0.05) is 0 Å². The fourth-order valence-electron chi connectivity index (χ4n) is 2.52. The van der Waals surface area contributed by atoms with E-state index in [1.54, 1.807) is 0 Å². The van der Waals surface area contributed by atoms with Crippen LogP contribution in [0.3, 0.4) is 0 Å². The number of rotatable bonds is 3. The molecule has 0 atom stereocenters. The molecule has 0 radical (unpaired) electrons. The quantitative estimate of drug-likeness (QED) is 0.873. The molecule has 1 aromatic carbocycles. The maximum Gasteiger partial charge on any atom is 0.329 e. The van der Waals surface area contributed by atoms with Gasteiger partial charge in [0.05, 0.1) is 5.52 Å². The van der Waals surface area contributed by atoms with E-state index < -0.39 is 11.5 Å². The highest BCUT2D eigenvalue weighted by atomic mass is 16.4. The van der Waals surface area contributed by atoms with Crippen LogP contribution < -0.4 is 5.32 Å². The number of fused-ring (bicyclic) bond motifs is 1. The molecule has 1 fully saturated rings. The minimum Gasteiger partial charge on any atom is -0.480 e. The highest BCUT2D eigenvalue weighted by Crippen LogP contribution is 2.32. The van der Waals surface area contributed by atoms with E-state index in [-0.39, 0.29) is 5.95 Å². The van der Waals surface area contributed by atoms with Gasteiger partial charge in [-0.05, 0) is 25.0 Å². The molecule has 1 heterocycles. The molecule has 0 bridgehead atoms. The standard InChI is InChI=1S/C13H14N4O2/c18-11(19)13(7-3-4-8-13)15-12-14-9-5-1-2-6-10(9)16-17-12/h1-2,5-6H,3-4,7-8H2,(H,18,19)(H,14,15,17). The second-order valence-electron chi connectivity index (χ2n) is 4.84. The Morgan fingerprint density at radius 1 is 1.16 bits per heavy atom. The lowest BCUT2D eigenvalue weighted by Gasteiger charge is -2.24. The number of hydrogen-bond acceptors (Lipinski definition) is 5. The molecule has 1 aliphatic rings. The molecule has 19 heavy (non-hydrogen) atoms. The molecular formula is C13H14N4O2. The van der Waals surface area contributed by atoms with E-state index in [1.807, 2.05) is 24.3 Å². The summed E-state index contributed by atoms with van der Waals surface area (Å²) in [6.07, 6.45) is 3.00. The molecule has 6 nitrogen and oxygen atoms in total. The number of hydrogen-bond donors (Lipinski definition) is 2. The molecule has 0 amide bonds. The number of nitrogens with one attached hydrogen (secondary N) is 1. The zero-order chi connectivity index (χ0) is 13.3. The summed E-state index contributed by atoms with van der Waals surface area (Å²) >= 11 is 0. The van der Waals surface area contributed by atoms with Gasteiger partial charge in [-0.25, -0.2) is 9.78 Å². The van der Waals surface area contributed by atoms with Crippen molar-refractivity contribution in [1.29, 1.82) is 0 Å². The van der Waals surface area contributed by atoms with E-state index in [0.29, 0.717) is 23.9 Å². The Morgan fingerprint density at radius 3 is 2.53 bits per heavy atom. The van der Waals surface area contributed by atoms with Crippen LogP contribution in [0, 0.1) is 0 Å². The Balaban J connectivity index is 1.94. The van der Waals surface area contributed by atoms with Crippen LogP contribution in [0.15, 0.2) is 24.3 Å². The molecule has 0 spiro atoms. The average molecular weight is 258 g/mol. The topological polar surface area (TPSA) is 88.0 Å². The maximum absolute atomic E-state index is 11.5. The molecule has 1 aliphatic carbocycles. The van der Waals surface area contributed by atoms with Gasteiger partial charge < -0.3 is 10.4 Å². The van der Waals surface area contributed by atoms with Crippen molar-refractivity contribution in [3.05, 3.63) is 24.3 Å². The van der Waals surface area contributed by atoms with Crippen LogP contribution in [0.4, 0.5) is 5.95 Å². The first-order valence-electron chi connectivity index (χ1n) is 6.31. The number of carboxylic acids is 1. The van der Waals surface area contributed by atoms with Crippen molar-refractivity contribution in [2.24, 2.45) is 0 Å². The summed E-state index contributed by atoms with van der Waals surface area (Å²) in [6.45, 7) is 0. The first-order chi connectivity index (χ1) is 9.20. The van der Waals surface area contributed by atoms with E-state index in [0.717, 1.165) is 12.8 Å². The van der Waals surface area contributed by atoms with E-state index >= 15 is 0 Å². The molecule has 0 saturated heterocycles. The lowest BCUT2D eigenvalue weighted by molar-refractivity contribution is -0.142. The molecule has 1 aromatic heterocycles. The van der Waals surface area contributed by atoms with Crippen molar-refractivity contribution in [2.75, 3.05) is 5.32 Å². The summed E-state index contributed by atoms with van der Waals surface area (Å²) in [5, 5.41) is 20.4. The second-order valence-corrected chi connectivity index (χ2v) is 4.84. The minimum absolute atomic E-state index is 0.281. The number of carboxylic acid groups (broad SMARTS) is 1. The normalized spacial score (nSPS) is 17.5. The third-order valence-corrected chi connectivity index (χ3v) is 3.58. The van der Waals surface area contributed by atoms with Crippen LogP contribution in [-0.2, 0) is 4.79 Å². The van der Waals surface area contributed by atoms with Crippen LogP contribution in [0.5, 0.6) is 0 Å². The van der Waals surface area contributed by atoms with Crippen LogP contribution in [0.1, 0.15) is 25.7 Å². The highest BCUT2D eigenvalue weighted by molar-refractivity contribution is 5.83. The van der Waals surface area contributed by atoms with Gasteiger partial charge in [-0.2, -0.15) is 0 Å². The van der Waals surface area contributed by atoms with Crippen LogP contribution in [0.2, 0.25) is 0 Å². The van der Waals surface area contributed by atoms with Gasteiger partial charge in [0.1, 0.15) is 11.1 Å². The minimum atomic E-state index is -0.940. The van der Waals surface area contributed by atoms with Gasteiger partial charge in [0.25, 0.3) is 0 Å². The van der Waals surface area contributed by atoms with Gasteiger partial charge >= 0.3 is 5.97 Å². The molecule has 98 valence electrons. The van der Waals surface area contributed by atoms with Crippen molar-refractivity contribution in [3.8, 4) is 0 Å². The summed E-state index contributed by atoms with van der Waals surface area (Å²) in [5.41, 5.74) is 0.465. The second kappa shape index (κ2) is 4.46. The van der Waals surface area contributed by atoms with E-state index in [9.17, 15) is 9.90 Å². The van der Waals surface area contributed by atoms with Crippen molar-refractivity contribution >= 4 is 23.0 Å². The van der Waals surface area contributed by atoms with Crippen molar-refractivity contribution < 1.29 is 9.90 Å². The summed E-state index contributed by atoms with van der Waals surface area (Å²) in [4.78, 5) is 15.8. The third kappa shape index (κ3) is 2.09. The fraction of sp³-hybridized carbons (Fsp3) is 0.385. The van der Waals surface area contributed by atoms with Crippen molar-refractivity contribution in [2.45, 2.75) is 31.2 Å². The number of carbonyl (C=O) groups is 1. The van der Waals surface area contributed by atoms with Crippen LogP contribution in [-0.4, -0.2) is 31.8 Å². The summed E-state index contributed by atoms with van der Waals surface area (Å²) in [7, 11) is 0. The largest absolute Gasteiger partial charge is 0.480 e. The summed E-state index contributed by atoms with van der Waals surface area (Å²) in [6, 6.07) is 7.38. The van der Waals surface area contributed by atoms with Crippen LogP contribution >= 0.6 is 0 Å². The van der Waals surface area contributed by atoms with Crippen LogP contribution in [0.25, 0.3) is 11.0 Å². The van der Waals surface area contributed by atoms with Crippen molar-refractivity contribution in [3.63, 3.8) is 0 Å². The van der Waals surface area contributed by atoms with E-state index in [1.165, 1.54) is 0 Å². The van der Waals surface area contributed by atoms with Gasteiger partial charge in [0.2, 0.25) is 5.95 Å². The first-order valence-corrected chi connectivity index (χ1v) is 6.31. The molecule has 1 saturated carbocycles. The Morgan fingerprint density at radius 2 is 1.84 bits per heavy atom. The molecular weight excluding hydrogens is 244 g/mol. The predicted molar refractivity (Wildman–Crippen MR) is 69.8 cm³/mol. The Bertz CT molecular complexity index is 623. The number of anilines is 1.